The van der Waals surface area contributed by atoms with Gasteiger partial charge in [-0.05, 0) is 62.1 Å². The maximum atomic E-state index is 13.2. The lowest BCUT2D eigenvalue weighted by atomic mass is 10.1. The van der Waals surface area contributed by atoms with Gasteiger partial charge in [0, 0.05) is 26.6 Å². The van der Waals surface area contributed by atoms with Gasteiger partial charge in [0.1, 0.15) is 11.8 Å². The molecule has 2 amide bonds. The van der Waals surface area contributed by atoms with E-state index in [-0.39, 0.29) is 31.3 Å². The Morgan fingerprint density at radius 3 is 2.29 bits per heavy atom. The molecule has 0 aromatic heterocycles. The Morgan fingerprint density at radius 1 is 1.09 bits per heavy atom. The number of rotatable bonds is 11. The number of nitrogens with zero attached hydrogens (tertiary/aromatic N) is 2. The van der Waals surface area contributed by atoms with Gasteiger partial charge in [-0.1, -0.05) is 24.3 Å². The van der Waals surface area contributed by atoms with Crippen molar-refractivity contribution in [2.75, 3.05) is 31.3 Å². The number of methoxy groups -OCH3 is 1. The average molecular weight is 490 g/mol. The van der Waals surface area contributed by atoms with Gasteiger partial charge in [0.2, 0.25) is 21.8 Å². The molecule has 0 aliphatic rings. The zero-order valence-electron chi connectivity index (χ0n) is 20.8. The second-order valence-corrected chi connectivity index (χ2v) is 10.3. The van der Waals surface area contributed by atoms with Crippen LogP contribution in [-0.2, 0) is 26.2 Å². The topological polar surface area (TPSA) is 96.0 Å². The predicted octanol–water partition coefficient (Wildman–Crippen LogP) is 3.02. The summed E-state index contributed by atoms with van der Waals surface area (Å²) in [5.74, 6) is 0.213. The maximum absolute atomic E-state index is 13.2. The molecule has 0 saturated carbocycles. The highest BCUT2D eigenvalue weighted by atomic mass is 32.2. The van der Waals surface area contributed by atoms with Gasteiger partial charge in [0.15, 0.2) is 0 Å². The fraction of sp³-hybridized carbons (Fsp3) is 0.440. The van der Waals surface area contributed by atoms with Crippen molar-refractivity contribution in [2.45, 2.75) is 46.2 Å². The quantitative estimate of drug-likeness (QED) is 0.523. The van der Waals surface area contributed by atoms with Crippen LogP contribution in [0.2, 0.25) is 0 Å². The van der Waals surface area contributed by atoms with E-state index < -0.39 is 16.1 Å². The van der Waals surface area contributed by atoms with Gasteiger partial charge in [0.05, 0.1) is 19.1 Å². The van der Waals surface area contributed by atoms with Crippen molar-refractivity contribution in [2.24, 2.45) is 0 Å². The number of benzene rings is 2. The molecule has 34 heavy (non-hydrogen) atoms. The second kappa shape index (κ2) is 11.9. The minimum absolute atomic E-state index is 0.106. The van der Waals surface area contributed by atoms with Crippen LogP contribution in [-0.4, -0.2) is 58.1 Å². The van der Waals surface area contributed by atoms with Crippen LogP contribution in [0.4, 0.5) is 5.69 Å². The van der Waals surface area contributed by atoms with Gasteiger partial charge in [-0.15, -0.1) is 0 Å². The Kier molecular flexibility index (Phi) is 9.49. The molecule has 9 heteroatoms. The number of likely N-dealkylation sites (N-methyl/N-ethyl adjacent to an activating group) is 1. The third kappa shape index (κ3) is 7.21. The molecule has 2 rings (SSSR count). The van der Waals surface area contributed by atoms with E-state index in [0.29, 0.717) is 17.9 Å². The molecule has 0 radical (unpaired) electrons. The number of aryl methyl sites for hydroxylation is 2. The van der Waals surface area contributed by atoms with Crippen molar-refractivity contribution >= 4 is 27.5 Å². The van der Waals surface area contributed by atoms with E-state index in [0.717, 1.165) is 16.7 Å². The van der Waals surface area contributed by atoms with Crippen LogP contribution in [0.25, 0.3) is 0 Å². The van der Waals surface area contributed by atoms with Crippen molar-refractivity contribution in [3.8, 4) is 5.75 Å². The monoisotopic (exact) mass is 489 g/mol. The van der Waals surface area contributed by atoms with E-state index in [1.165, 1.54) is 22.5 Å². The van der Waals surface area contributed by atoms with Gasteiger partial charge in [0.25, 0.3) is 0 Å². The summed E-state index contributed by atoms with van der Waals surface area (Å²) >= 11 is 0. The number of ether oxygens (including phenoxy) is 1. The summed E-state index contributed by atoms with van der Waals surface area (Å²) in [6, 6.07) is 12.3. The van der Waals surface area contributed by atoms with Crippen LogP contribution in [0.15, 0.2) is 42.5 Å². The third-order valence-electron chi connectivity index (χ3n) is 5.71. The van der Waals surface area contributed by atoms with Gasteiger partial charge in [-0.3, -0.25) is 13.9 Å². The summed E-state index contributed by atoms with van der Waals surface area (Å²) in [4.78, 5) is 27.0. The molecule has 0 fully saturated rings. The van der Waals surface area contributed by atoms with Crippen molar-refractivity contribution < 1.29 is 22.7 Å². The number of carbonyl (C=O) groups excluding carboxylic acids is 2. The highest BCUT2D eigenvalue weighted by Crippen LogP contribution is 2.25. The number of sulfonamides is 1. The first-order chi connectivity index (χ1) is 16.0. The summed E-state index contributed by atoms with van der Waals surface area (Å²) in [6.45, 7) is 5.87. The molecular formula is C25H35N3O5S. The first-order valence-corrected chi connectivity index (χ1v) is 13.0. The van der Waals surface area contributed by atoms with Gasteiger partial charge in [-0.25, -0.2) is 8.42 Å². The molecule has 0 heterocycles. The van der Waals surface area contributed by atoms with Gasteiger partial charge in [-0.2, -0.15) is 0 Å². The van der Waals surface area contributed by atoms with E-state index in [4.69, 9.17) is 4.74 Å². The summed E-state index contributed by atoms with van der Waals surface area (Å²) in [5.41, 5.74) is 3.27. The Morgan fingerprint density at radius 2 is 1.74 bits per heavy atom. The Hall–Kier alpha value is -3.07. The fourth-order valence-electron chi connectivity index (χ4n) is 3.69. The van der Waals surface area contributed by atoms with Crippen LogP contribution in [0.1, 0.15) is 36.5 Å². The smallest absolute Gasteiger partial charge is 0.242 e. The lowest BCUT2D eigenvalue weighted by molar-refractivity contribution is -0.140. The summed E-state index contributed by atoms with van der Waals surface area (Å²) in [5, 5.41) is 2.59. The van der Waals surface area contributed by atoms with Crippen LogP contribution < -0.4 is 14.4 Å². The predicted molar refractivity (Wildman–Crippen MR) is 134 cm³/mol. The van der Waals surface area contributed by atoms with Crippen LogP contribution in [0.3, 0.4) is 0 Å². The van der Waals surface area contributed by atoms with E-state index in [1.807, 2.05) is 44.2 Å². The summed E-state index contributed by atoms with van der Waals surface area (Å²) in [7, 11) is -0.421. The minimum atomic E-state index is -3.53. The summed E-state index contributed by atoms with van der Waals surface area (Å²) < 4.78 is 31.5. The molecule has 1 N–H and O–H groups in total. The first kappa shape index (κ1) is 27.2. The Labute approximate surface area is 202 Å². The number of hydrogen-bond acceptors (Lipinski definition) is 5. The van der Waals surface area contributed by atoms with Crippen LogP contribution in [0.5, 0.6) is 5.75 Å². The molecule has 8 nitrogen and oxygen atoms in total. The SMILES string of the molecule is CNC(=O)C(C)N(Cc1ccc(OC)cc1)C(=O)CCCN(c1cc(C)ccc1C)S(C)(=O)=O. The molecule has 0 aliphatic carbocycles. The van der Waals surface area contributed by atoms with Crippen molar-refractivity contribution in [3.63, 3.8) is 0 Å². The van der Waals surface area contributed by atoms with E-state index in [1.54, 1.807) is 26.2 Å². The molecule has 186 valence electrons. The van der Waals surface area contributed by atoms with Crippen LogP contribution >= 0.6 is 0 Å². The molecule has 0 aliphatic heterocycles. The summed E-state index contributed by atoms with van der Waals surface area (Å²) in [6.07, 6.45) is 1.59. The normalized spacial score (nSPS) is 12.1. The average Bonchev–Trinajstić information content (AvgIpc) is 2.80. The van der Waals surface area contributed by atoms with Gasteiger partial charge < -0.3 is 15.0 Å². The van der Waals surface area contributed by atoms with E-state index in [9.17, 15) is 18.0 Å². The molecule has 0 spiro atoms. The number of nitrogens with one attached hydrogen (secondary N) is 1. The standard InChI is InChI=1S/C25H35N3O5S/c1-18-9-10-19(2)23(16-18)28(34(6,31)32)15-7-8-24(29)27(20(3)25(30)26-4)17-21-11-13-22(33-5)14-12-21/h9-14,16,20H,7-8,15,17H2,1-6H3,(H,26,30). The molecule has 0 saturated heterocycles. The van der Waals surface area contributed by atoms with Gasteiger partial charge >= 0.3 is 0 Å². The zero-order chi connectivity index (χ0) is 25.5. The Balaban J connectivity index is 2.17. The number of carbonyl (C=O) groups is 2. The first-order valence-electron chi connectivity index (χ1n) is 11.2. The highest BCUT2D eigenvalue weighted by molar-refractivity contribution is 7.92. The highest BCUT2D eigenvalue weighted by Gasteiger charge is 2.26. The van der Waals surface area contributed by atoms with Crippen molar-refractivity contribution in [3.05, 3.63) is 59.2 Å². The van der Waals surface area contributed by atoms with Crippen LogP contribution in [0, 0.1) is 13.8 Å². The van der Waals surface area contributed by atoms with E-state index >= 15 is 0 Å². The molecular weight excluding hydrogens is 454 g/mol. The molecule has 0 bridgehead atoms. The van der Waals surface area contributed by atoms with Crippen molar-refractivity contribution in [1.82, 2.24) is 10.2 Å². The fourth-order valence-corrected chi connectivity index (χ4v) is 4.70. The number of hydrogen-bond donors (Lipinski definition) is 1. The minimum Gasteiger partial charge on any atom is -0.497 e. The molecule has 2 aromatic carbocycles. The lowest BCUT2D eigenvalue weighted by Crippen LogP contribution is -2.46. The van der Waals surface area contributed by atoms with E-state index in [2.05, 4.69) is 5.32 Å². The molecule has 1 unspecified atom stereocenters. The molecule has 1 atom stereocenters. The largest absolute Gasteiger partial charge is 0.497 e. The Bertz CT molecular complexity index is 1100. The number of amides is 2. The van der Waals surface area contributed by atoms with Crippen molar-refractivity contribution in [1.29, 1.82) is 0 Å². The number of anilines is 1. The lowest BCUT2D eigenvalue weighted by Gasteiger charge is -2.29. The zero-order valence-corrected chi connectivity index (χ0v) is 21.6. The maximum Gasteiger partial charge on any atom is 0.242 e. The molecule has 2 aromatic rings. The third-order valence-corrected chi connectivity index (χ3v) is 6.89. The second-order valence-electron chi connectivity index (χ2n) is 8.39.